The van der Waals surface area contributed by atoms with Crippen LogP contribution in [0.5, 0.6) is 0 Å². The lowest BCUT2D eigenvalue weighted by molar-refractivity contribution is -0.121. The Balaban J connectivity index is 2.25. The second-order valence-electron chi connectivity index (χ2n) is 6.09. The molecule has 1 atom stereocenters. The van der Waals surface area contributed by atoms with Crippen LogP contribution in [0.4, 0.5) is 0 Å². The molecule has 0 fully saturated rings. The van der Waals surface area contributed by atoms with Crippen molar-refractivity contribution in [3.63, 3.8) is 0 Å². The van der Waals surface area contributed by atoms with E-state index in [9.17, 15) is 4.79 Å². The third-order valence-corrected chi connectivity index (χ3v) is 3.94. The average Bonchev–Trinajstić information content (AvgIpc) is 2.36. The minimum absolute atomic E-state index is 0.0212. The van der Waals surface area contributed by atoms with Gasteiger partial charge >= 0.3 is 0 Å². The van der Waals surface area contributed by atoms with Crippen molar-refractivity contribution >= 4 is 28.6 Å². The molecule has 1 aromatic carbocycles. The van der Waals surface area contributed by atoms with Gasteiger partial charge < -0.3 is 5.32 Å². The van der Waals surface area contributed by atoms with Crippen molar-refractivity contribution in [3.05, 3.63) is 30.1 Å². The molecule has 0 aliphatic rings. The maximum absolute atomic E-state index is 12.2. The molecule has 4 nitrogen and oxygen atoms in total. The lowest BCUT2D eigenvalue weighted by Gasteiger charge is -2.23. The van der Waals surface area contributed by atoms with E-state index in [-0.39, 0.29) is 16.7 Å². The number of aromatic nitrogens is 2. The van der Waals surface area contributed by atoms with E-state index < -0.39 is 0 Å². The molecule has 21 heavy (non-hydrogen) atoms. The van der Waals surface area contributed by atoms with Gasteiger partial charge in [0.1, 0.15) is 10.9 Å². The minimum Gasteiger partial charge on any atom is -0.351 e. The molecule has 2 rings (SSSR count). The van der Waals surface area contributed by atoms with Crippen molar-refractivity contribution in [1.29, 1.82) is 0 Å². The highest BCUT2D eigenvalue weighted by atomic mass is 32.2. The minimum atomic E-state index is -0.227. The molecule has 0 bridgehead atoms. The summed E-state index contributed by atoms with van der Waals surface area (Å²) < 4.78 is 0. The van der Waals surface area contributed by atoms with E-state index in [0.29, 0.717) is 0 Å². The van der Waals surface area contributed by atoms with Crippen LogP contribution >= 0.6 is 11.8 Å². The Morgan fingerprint density at radius 3 is 2.57 bits per heavy atom. The molecule has 5 heteroatoms. The number of fused-ring (bicyclic) bond motifs is 1. The van der Waals surface area contributed by atoms with Crippen LogP contribution in [0.1, 0.15) is 33.5 Å². The maximum atomic E-state index is 12.2. The van der Waals surface area contributed by atoms with Gasteiger partial charge in [-0.15, -0.1) is 0 Å². The number of rotatable bonds is 3. The van der Waals surface area contributed by atoms with Crippen LogP contribution in [-0.2, 0) is 4.79 Å². The van der Waals surface area contributed by atoms with E-state index in [1.807, 2.05) is 58.9 Å². The SMILES string of the molecule is Cc1nc(S[C@H](C)C(=O)NC(C)(C)C)c2ccccc2n1. The summed E-state index contributed by atoms with van der Waals surface area (Å²) in [5, 5.41) is 4.64. The molecule has 0 saturated carbocycles. The number of hydrogen-bond donors (Lipinski definition) is 1. The molecule has 1 aromatic heterocycles. The molecule has 0 aliphatic heterocycles. The zero-order valence-electron chi connectivity index (χ0n) is 13.1. The Labute approximate surface area is 129 Å². The van der Waals surface area contributed by atoms with Crippen molar-refractivity contribution in [1.82, 2.24) is 15.3 Å². The number of nitrogens with one attached hydrogen (secondary N) is 1. The van der Waals surface area contributed by atoms with Crippen LogP contribution in [0.3, 0.4) is 0 Å². The van der Waals surface area contributed by atoms with Crippen molar-refractivity contribution in [2.24, 2.45) is 0 Å². The average molecular weight is 303 g/mol. The molecule has 112 valence electrons. The Kier molecular flexibility index (Phi) is 4.52. The Bertz CT molecular complexity index is 664. The van der Waals surface area contributed by atoms with Gasteiger partial charge in [-0.1, -0.05) is 30.0 Å². The monoisotopic (exact) mass is 303 g/mol. The van der Waals surface area contributed by atoms with E-state index >= 15 is 0 Å². The van der Waals surface area contributed by atoms with Crippen LogP contribution in [0, 0.1) is 6.92 Å². The number of nitrogens with zero attached hydrogens (tertiary/aromatic N) is 2. The van der Waals surface area contributed by atoms with Crippen LogP contribution in [0.15, 0.2) is 29.3 Å². The smallest absolute Gasteiger partial charge is 0.233 e. The molecule has 1 N–H and O–H groups in total. The van der Waals surface area contributed by atoms with Gasteiger partial charge in [-0.05, 0) is 40.7 Å². The summed E-state index contributed by atoms with van der Waals surface area (Å²) in [4.78, 5) is 21.1. The first kappa shape index (κ1) is 15.8. The molecule has 0 unspecified atom stereocenters. The summed E-state index contributed by atoms with van der Waals surface area (Å²) >= 11 is 1.47. The molecular formula is C16H21N3OS. The molecular weight excluding hydrogens is 282 g/mol. The van der Waals surface area contributed by atoms with Crippen molar-refractivity contribution < 1.29 is 4.79 Å². The largest absolute Gasteiger partial charge is 0.351 e. The lowest BCUT2D eigenvalue weighted by Crippen LogP contribution is -2.44. The third-order valence-electron chi connectivity index (χ3n) is 2.84. The summed E-state index contributed by atoms with van der Waals surface area (Å²) in [5.41, 5.74) is 0.686. The van der Waals surface area contributed by atoms with Crippen LogP contribution < -0.4 is 5.32 Å². The van der Waals surface area contributed by atoms with Gasteiger partial charge in [0.2, 0.25) is 5.91 Å². The second-order valence-corrected chi connectivity index (χ2v) is 7.42. The predicted octanol–water partition coefficient (Wildman–Crippen LogP) is 3.33. The zero-order chi connectivity index (χ0) is 15.6. The van der Waals surface area contributed by atoms with Gasteiger partial charge in [0, 0.05) is 10.9 Å². The number of amides is 1. The highest BCUT2D eigenvalue weighted by Crippen LogP contribution is 2.28. The summed E-state index contributed by atoms with van der Waals surface area (Å²) in [6, 6.07) is 7.88. The fraction of sp³-hybridized carbons (Fsp3) is 0.438. The Morgan fingerprint density at radius 2 is 1.90 bits per heavy atom. The molecule has 1 heterocycles. The van der Waals surface area contributed by atoms with Gasteiger partial charge in [-0.2, -0.15) is 0 Å². The second kappa shape index (κ2) is 6.02. The number of aryl methyl sites for hydroxylation is 1. The van der Waals surface area contributed by atoms with Gasteiger partial charge in [0.05, 0.1) is 10.8 Å². The molecule has 0 spiro atoms. The third kappa shape index (κ3) is 4.17. The first-order valence-electron chi connectivity index (χ1n) is 6.98. The molecule has 0 saturated heterocycles. The number of carbonyl (C=O) groups is 1. The number of benzene rings is 1. The highest BCUT2D eigenvalue weighted by molar-refractivity contribution is 8.00. The van der Waals surface area contributed by atoms with E-state index in [2.05, 4.69) is 15.3 Å². The number of carbonyl (C=O) groups excluding carboxylic acids is 1. The number of hydrogen-bond acceptors (Lipinski definition) is 4. The first-order chi connectivity index (χ1) is 9.76. The lowest BCUT2D eigenvalue weighted by atomic mass is 10.1. The molecule has 0 aliphatic carbocycles. The summed E-state index contributed by atoms with van der Waals surface area (Å²) in [7, 11) is 0. The normalized spacial score (nSPS) is 13.2. The fourth-order valence-electron chi connectivity index (χ4n) is 1.94. The van der Waals surface area contributed by atoms with E-state index in [0.717, 1.165) is 21.8 Å². The predicted molar refractivity (Wildman–Crippen MR) is 87.5 cm³/mol. The highest BCUT2D eigenvalue weighted by Gasteiger charge is 2.21. The topological polar surface area (TPSA) is 54.9 Å². The van der Waals surface area contributed by atoms with Crippen molar-refractivity contribution in [2.45, 2.75) is 50.4 Å². The van der Waals surface area contributed by atoms with E-state index in [4.69, 9.17) is 0 Å². The number of para-hydroxylation sites is 1. The Morgan fingerprint density at radius 1 is 1.24 bits per heavy atom. The zero-order valence-corrected chi connectivity index (χ0v) is 13.9. The standard InChI is InChI=1S/C16H21N3OS/c1-10(14(20)19-16(3,4)5)21-15-12-8-6-7-9-13(12)17-11(2)18-15/h6-10H,1-5H3,(H,19,20)/t10-/m1/s1. The number of thioether (sulfide) groups is 1. The molecule has 0 radical (unpaired) electrons. The molecule has 1 amide bonds. The van der Waals surface area contributed by atoms with E-state index in [1.54, 1.807) is 0 Å². The Hall–Kier alpha value is -1.62. The fourth-order valence-corrected chi connectivity index (χ4v) is 2.93. The van der Waals surface area contributed by atoms with Gasteiger partial charge in [-0.3, -0.25) is 4.79 Å². The van der Waals surface area contributed by atoms with Gasteiger partial charge in [0.15, 0.2) is 0 Å². The van der Waals surface area contributed by atoms with Crippen LogP contribution in [-0.4, -0.2) is 26.7 Å². The molecule has 2 aromatic rings. The summed E-state index contributed by atoms with van der Waals surface area (Å²) in [5.74, 6) is 0.743. The first-order valence-corrected chi connectivity index (χ1v) is 7.86. The summed E-state index contributed by atoms with van der Waals surface area (Å²) in [6.45, 7) is 9.71. The van der Waals surface area contributed by atoms with Crippen molar-refractivity contribution in [3.8, 4) is 0 Å². The summed E-state index contributed by atoms with van der Waals surface area (Å²) in [6.07, 6.45) is 0. The van der Waals surface area contributed by atoms with Gasteiger partial charge in [-0.25, -0.2) is 9.97 Å². The van der Waals surface area contributed by atoms with Crippen LogP contribution in [0.2, 0.25) is 0 Å². The maximum Gasteiger partial charge on any atom is 0.233 e. The van der Waals surface area contributed by atoms with E-state index in [1.165, 1.54) is 11.8 Å². The van der Waals surface area contributed by atoms with Gasteiger partial charge in [0.25, 0.3) is 0 Å². The van der Waals surface area contributed by atoms with Crippen molar-refractivity contribution in [2.75, 3.05) is 0 Å². The quantitative estimate of drug-likeness (QED) is 0.698. The van der Waals surface area contributed by atoms with Crippen LogP contribution in [0.25, 0.3) is 10.9 Å².